The van der Waals surface area contributed by atoms with Crippen LogP contribution >= 0.6 is 15.6 Å². The molecule has 0 amide bonds. The predicted octanol–water partition coefficient (Wildman–Crippen LogP) is 23.6. The number of esters is 4. The van der Waals surface area contributed by atoms with Gasteiger partial charge in [0.2, 0.25) is 0 Å². The molecule has 0 aromatic heterocycles. The average molecular weight is 1440 g/mol. The lowest BCUT2D eigenvalue weighted by molar-refractivity contribution is -0.161. The van der Waals surface area contributed by atoms with Gasteiger partial charge < -0.3 is 33.8 Å². The van der Waals surface area contributed by atoms with E-state index in [1.807, 2.05) is 0 Å². The number of unbranched alkanes of at least 4 members (excludes halogenated alkanes) is 51. The van der Waals surface area contributed by atoms with E-state index in [2.05, 4.69) is 34.6 Å². The van der Waals surface area contributed by atoms with Crippen molar-refractivity contribution in [1.29, 1.82) is 0 Å². The van der Waals surface area contributed by atoms with E-state index in [0.29, 0.717) is 25.7 Å². The van der Waals surface area contributed by atoms with Gasteiger partial charge in [0.05, 0.1) is 26.4 Å². The van der Waals surface area contributed by atoms with Crippen molar-refractivity contribution in [1.82, 2.24) is 0 Å². The van der Waals surface area contributed by atoms with Gasteiger partial charge in [0, 0.05) is 25.7 Å². The molecular weight excluding hydrogens is 1280 g/mol. The van der Waals surface area contributed by atoms with E-state index < -0.39 is 97.5 Å². The molecule has 0 aromatic rings. The second-order valence-electron chi connectivity index (χ2n) is 28.9. The summed E-state index contributed by atoms with van der Waals surface area (Å²) in [6.45, 7) is 7.34. The molecule has 0 saturated carbocycles. The number of rotatable bonds is 79. The molecule has 17 nitrogen and oxygen atoms in total. The zero-order valence-electron chi connectivity index (χ0n) is 63.9. The molecule has 0 fully saturated rings. The molecule has 3 N–H and O–H groups in total. The minimum absolute atomic E-state index is 0.108. The van der Waals surface area contributed by atoms with Crippen molar-refractivity contribution in [3.63, 3.8) is 0 Å². The van der Waals surface area contributed by atoms with Crippen molar-refractivity contribution in [2.24, 2.45) is 5.92 Å². The Labute approximate surface area is 600 Å². The molecule has 0 aliphatic heterocycles. The molecule has 19 heteroatoms. The summed E-state index contributed by atoms with van der Waals surface area (Å²) in [5, 5.41) is 10.6. The number of hydrogen-bond donors (Lipinski definition) is 3. The van der Waals surface area contributed by atoms with Gasteiger partial charge in [-0.05, 0) is 31.6 Å². The number of carbonyl (C=O) groups excluding carboxylic acids is 4. The van der Waals surface area contributed by atoms with Gasteiger partial charge in [-0.2, -0.15) is 0 Å². The zero-order chi connectivity index (χ0) is 71.9. The average Bonchev–Trinajstić information content (AvgIpc) is 1.16. The van der Waals surface area contributed by atoms with E-state index in [-0.39, 0.29) is 25.7 Å². The van der Waals surface area contributed by atoms with E-state index >= 15 is 0 Å². The zero-order valence-corrected chi connectivity index (χ0v) is 65.7. The standard InChI is InChI=1S/C79H154O17P2/c1-6-9-12-15-18-21-24-27-28-29-30-33-40-45-50-55-60-65-79(84)96-75(69-90-77(82)63-58-53-48-43-38-35-34-36-41-46-51-56-61-72(4)5)71-94-98(87,88)92-67-73(80)66-91-97(85,86)93-70-74(95-78(83)64-59-54-49-44-39-32-26-23-20-17-14-11-8-3)68-89-76(81)62-57-52-47-42-37-31-25-22-19-16-13-10-7-2/h72-75,80H,6-71H2,1-5H3,(H,85,86)(H,87,88)/t73-,74+,75+/m0/s1. The first kappa shape index (κ1) is 96.1. The lowest BCUT2D eigenvalue weighted by Gasteiger charge is -2.21. The van der Waals surface area contributed by atoms with Gasteiger partial charge in [-0.3, -0.25) is 37.3 Å². The Bertz CT molecular complexity index is 1870. The Morgan fingerprint density at radius 1 is 0.276 bits per heavy atom. The second-order valence-corrected chi connectivity index (χ2v) is 31.8. The highest BCUT2D eigenvalue weighted by Gasteiger charge is 2.30. The van der Waals surface area contributed by atoms with Gasteiger partial charge in [0.15, 0.2) is 12.2 Å². The summed E-state index contributed by atoms with van der Waals surface area (Å²) in [7, 11) is -9.92. The molecule has 98 heavy (non-hydrogen) atoms. The van der Waals surface area contributed by atoms with Crippen LogP contribution in [0.4, 0.5) is 0 Å². The van der Waals surface area contributed by atoms with Crippen LogP contribution in [0, 0.1) is 5.92 Å². The van der Waals surface area contributed by atoms with Crippen LogP contribution in [0.15, 0.2) is 0 Å². The largest absolute Gasteiger partial charge is 0.472 e. The van der Waals surface area contributed by atoms with Crippen molar-refractivity contribution in [3.05, 3.63) is 0 Å². The first-order valence-corrected chi connectivity index (χ1v) is 44.1. The molecule has 0 spiro atoms. The Kier molecular flexibility index (Phi) is 70.6. The lowest BCUT2D eigenvalue weighted by Crippen LogP contribution is -2.30. The predicted molar refractivity (Wildman–Crippen MR) is 400 cm³/mol. The molecule has 2 unspecified atom stereocenters. The van der Waals surface area contributed by atoms with Gasteiger partial charge in [-0.25, -0.2) is 9.13 Å². The third kappa shape index (κ3) is 72.4. The fourth-order valence-corrected chi connectivity index (χ4v) is 13.8. The van der Waals surface area contributed by atoms with Crippen molar-refractivity contribution in [2.75, 3.05) is 39.6 Å². The molecule has 0 aliphatic carbocycles. The maximum atomic E-state index is 13.1. The van der Waals surface area contributed by atoms with Gasteiger partial charge >= 0.3 is 39.5 Å². The van der Waals surface area contributed by atoms with Crippen LogP contribution in [0.2, 0.25) is 0 Å². The van der Waals surface area contributed by atoms with Gasteiger partial charge in [0.1, 0.15) is 19.3 Å². The molecule has 0 aliphatic rings. The number of phosphoric acid groups is 2. The topological polar surface area (TPSA) is 237 Å². The van der Waals surface area contributed by atoms with Gasteiger partial charge in [-0.15, -0.1) is 0 Å². The van der Waals surface area contributed by atoms with Crippen molar-refractivity contribution in [2.45, 2.75) is 438 Å². The summed E-state index contributed by atoms with van der Waals surface area (Å²) >= 11 is 0. The van der Waals surface area contributed by atoms with Crippen LogP contribution < -0.4 is 0 Å². The summed E-state index contributed by atoms with van der Waals surface area (Å²) in [4.78, 5) is 73.0. The summed E-state index contributed by atoms with van der Waals surface area (Å²) in [6.07, 6.45) is 62.2. The molecule has 0 radical (unpaired) electrons. The fraction of sp³-hybridized carbons (Fsp3) is 0.949. The highest BCUT2D eigenvalue weighted by molar-refractivity contribution is 7.47. The molecule has 5 atom stereocenters. The van der Waals surface area contributed by atoms with E-state index in [4.69, 9.17) is 37.0 Å². The smallest absolute Gasteiger partial charge is 0.462 e. The molecule has 0 aromatic carbocycles. The first-order valence-electron chi connectivity index (χ1n) is 41.1. The summed E-state index contributed by atoms with van der Waals surface area (Å²) in [6, 6.07) is 0. The van der Waals surface area contributed by atoms with Crippen LogP contribution in [0.1, 0.15) is 420 Å². The van der Waals surface area contributed by atoms with E-state index in [1.165, 1.54) is 244 Å². The summed E-state index contributed by atoms with van der Waals surface area (Å²) < 4.78 is 68.7. The molecular formula is C79H154O17P2. The van der Waals surface area contributed by atoms with E-state index in [0.717, 1.165) is 95.8 Å². The van der Waals surface area contributed by atoms with Gasteiger partial charge in [0.25, 0.3) is 0 Å². The van der Waals surface area contributed by atoms with Crippen LogP contribution in [-0.2, 0) is 65.4 Å². The highest BCUT2D eigenvalue weighted by atomic mass is 31.2. The lowest BCUT2D eigenvalue weighted by atomic mass is 10.0. The monoisotopic (exact) mass is 1440 g/mol. The van der Waals surface area contributed by atoms with Crippen molar-refractivity contribution in [3.8, 4) is 0 Å². The molecule has 0 saturated heterocycles. The van der Waals surface area contributed by atoms with Crippen molar-refractivity contribution < 1.29 is 80.2 Å². The SMILES string of the molecule is CCCCCCCCCCCCCCCCCCCC(=O)O[C@H](COC(=O)CCCCCCCCCCCCCCC(C)C)COP(=O)(O)OC[C@@H](O)COP(=O)(O)OC[C@@H](COC(=O)CCCCCCCCCCCCCCC)OC(=O)CCCCCCCCCCCCCCC. The Hall–Kier alpha value is -1.94. The second kappa shape index (κ2) is 72.0. The maximum Gasteiger partial charge on any atom is 0.472 e. The Balaban J connectivity index is 5.26. The number of aliphatic hydroxyl groups excluding tert-OH is 1. The first-order chi connectivity index (χ1) is 47.5. The number of carbonyl (C=O) groups is 4. The van der Waals surface area contributed by atoms with E-state index in [1.54, 1.807) is 0 Å². The molecule has 0 rings (SSSR count). The highest BCUT2D eigenvalue weighted by Crippen LogP contribution is 2.45. The van der Waals surface area contributed by atoms with Crippen LogP contribution in [-0.4, -0.2) is 96.7 Å². The Morgan fingerprint density at radius 3 is 0.694 bits per heavy atom. The molecule has 0 heterocycles. The third-order valence-corrected chi connectivity index (χ3v) is 20.4. The minimum Gasteiger partial charge on any atom is -0.462 e. The van der Waals surface area contributed by atoms with Crippen LogP contribution in [0.5, 0.6) is 0 Å². The number of ether oxygens (including phenoxy) is 4. The minimum atomic E-state index is -4.96. The number of hydrogen-bond acceptors (Lipinski definition) is 15. The number of phosphoric ester groups is 2. The van der Waals surface area contributed by atoms with Crippen LogP contribution in [0.3, 0.4) is 0 Å². The molecule has 582 valence electrons. The number of aliphatic hydroxyl groups is 1. The Morgan fingerprint density at radius 2 is 0.469 bits per heavy atom. The molecule has 0 bridgehead atoms. The quantitative estimate of drug-likeness (QED) is 0.0222. The van der Waals surface area contributed by atoms with Gasteiger partial charge in [-0.1, -0.05) is 369 Å². The van der Waals surface area contributed by atoms with Crippen LogP contribution in [0.25, 0.3) is 0 Å². The van der Waals surface area contributed by atoms with Crippen molar-refractivity contribution >= 4 is 39.5 Å². The third-order valence-electron chi connectivity index (χ3n) is 18.5. The van der Waals surface area contributed by atoms with E-state index in [9.17, 15) is 43.2 Å². The fourth-order valence-electron chi connectivity index (χ4n) is 12.2. The summed E-state index contributed by atoms with van der Waals surface area (Å²) in [5.74, 6) is -1.32. The maximum absolute atomic E-state index is 13.1. The normalized spacial score (nSPS) is 13.9. The summed E-state index contributed by atoms with van der Waals surface area (Å²) in [5.41, 5.74) is 0.